The minimum Gasteiger partial charge on any atom is -0.373 e. The van der Waals surface area contributed by atoms with Crippen molar-refractivity contribution in [3.8, 4) is 0 Å². The lowest BCUT2D eigenvalue weighted by atomic mass is 10.2. The van der Waals surface area contributed by atoms with Crippen LogP contribution in [0.15, 0.2) is 12.2 Å². The van der Waals surface area contributed by atoms with Gasteiger partial charge in [0.15, 0.2) is 0 Å². The second-order valence-electron chi connectivity index (χ2n) is 4.37. The second-order valence-corrected chi connectivity index (χ2v) is 4.37. The smallest absolute Gasteiger partial charge is 0.0703 e. The average Bonchev–Trinajstić information content (AvgIpc) is 2.17. The predicted octanol–water partition coefficient (Wildman–Crippen LogP) is 2.99. The molecule has 90 valence electrons. The van der Waals surface area contributed by atoms with Crippen molar-refractivity contribution in [2.75, 3.05) is 19.7 Å². The van der Waals surface area contributed by atoms with E-state index in [2.05, 4.69) is 32.2 Å². The lowest BCUT2D eigenvalue weighted by Gasteiger charge is -2.17. The van der Waals surface area contributed by atoms with Crippen molar-refractivity contribution in [1.82, 2.24) is 5.32 Å². The Bertz CT molecular complexity index is 155. The zero-order chi connectivity index (χ0) is 11.5. The van der Waals surface area contributed by atoms with Crippen molar-refractivity contribution >= 4 is 0 Å². The molecule has 15 heavy (non-hydrogen) atoms. The van der Waals surface area contributed by atoms with Gasteiger partial charge < -0.3 is 10.1 Å². The van der Waals surface area contributed by atoms with Crippen LogP contribution < -0.4 is 5.32 Å². The molecule has 1 N–H and O–H groups in total. The van der Waals surface area contributed by atoms with E-state index in [9.17, 15) is 0 Å². The molecule has 0 aromatic heterocycles. The lowest BCUT2D eigenvalue weighted by molar-refractivity contribution is 0.0665. The number of hydrogen-bond acceptors (Lipinski definition) is 2. The Labute approximate surface area is 95.1 Å². The Morgan fingerprint density at radius 2 is 2.00 bits per heavy atom. The van der Waals surface area contributed by atoms with Gasteiger partial charge in [-0.2, -0.15) is 0 Å². The average molecular weight is 213 g/mol. The summed E-state index contributed by atoms with van der Waals surface area (Å²) in [6.07, 6.45) is 6.78. The maximum atomic E-state index is 5.76. The number of hydrogen-bond donors (Lipinski definition) is 1. The molecule has 0 aliphatic carbocycles. The number of ether oxygens (including phenoxy) is 1. The van der Waals surface area contributed by atoms with Gasteiger partial charge >= 0.3 is 0 Å². The van der Waals surface area contributed by atoms with E-state index in [0.717, 1.165) is 26.1 Å². The first-order chi connectivity index (χ1) is 7.20. The van der Waals surface area contributed by atoms with E-state index in [1.54, 1.807) is 0 Å². The van der Waals surface area contributed by atoms with E-state index in [1.807, 2.05) is 13.0 Å². The van der Waals surface area contributed by atoms with Gasteiger partial charge in [0.2, 0.25) is 0 Å². The molecule has 0 saturated heterocycles. The summed E-state index contributed by atoms with van der Waals surface area (Å²) in [5.74, 6) is 0.711. The van der Waals surface area contributed by atoms with Crippen LogP contribution >= 0.6 is 0 Å². The van der Waals surface area contributed by atoms with E-state index < -0.39 is 0 Å². The van der Waals surface area contributed by atoms with Gasteiger partial charge in [0.05, 0.1) is 12.7 Å². The SMILES string of the molecule is C/C=C/COC(CCC)CNCC(C)C. The van der Waals surface area contributed by atoms with Crippen molar-refractivity contribution in [1.29, 1.82) is 0 Å². The maximum absolute atomic E-state index is 5.76. The Morgan fingerprint density at radius 3 is 2.53 bits per heavy atom. The fourth-order valence-electron chi connectivity index (χ4n) is 1.39. The first-order valence-corrected chi connectivity index (χ1v) is 6.14. The Hall–Kier alpha value is -0.340. The molecule has 2 heteroatoms. The van der Waals surface area contributed by atoms with Crippen LogP contribution in [0, 0.1) is 5.92 Å². The Morgan fingerprint density at radius 1 is 1.27 bits per heavy atom. The molecule has 1 unspecified atom stereocenters. The van der Waals surface area contributed by atoms with Gasteiger partial charge in [-0.1, -0.05) is 39.3 Å². The first-order valence-electron chi connectivity index (χ1n) is 6.14. The van der Waals surface area contributed by atoms with Gasteiger partial charge in [-0.15, -0.1) is 0 Å². The standard InChI is InChI=1S/C13H27NO/c1-5-7-9-15-13(8-6-2)11-14-10-12(3)4/h5,7,12-14H,6,8-11H2,1-4H3/b7-5+. The largest absolute Gasteiger partial charge is 0.373 e. The van der Waals surface area contributed by atoms with Crippen LogP contribution in [-0.2, 0) is 4.74 Å². The highest BCUT2D eigenvalue weighted by Crippen LogP contribution is 2.01. The van der Waals surface area contributed by atoms with E-state index in [4.69, 9.17) is 4.74 Å². The molecule has 0 aliphatic rings. The van der Waals surface area contributed by atoms with E-state index in [1.165, 1.54) is 6.42 Å². The van der Waals surface area contributed by atoms with Gasteiger partial charge in [-0.25, -0.2) is 0 Å². The fourth-order valence-corrected chi connectivity index (χ4v) is 1.39. The minimum atomic E-state index is 0.366. The maximum Gasteiger partial charge on any atom is 0.0703 e. The molecule has 0 amide bonds. The molecule has 1 atom stereocenters. The lowest BCUT2D eigenvalue weighted by Crippen LogP contribution is -2.31. The predicted molar refractivity (Wildman–Crippen MR) is 67.2 cm³/mol. The molecule has 0 spiro atoms. The molecule has 0 fully saturated rings. The van der Waals surface area contributed by atoms with Crippen molar-refractivity contribution in [3.63, 3.8) is 0 Å². The van der Waals surface area contributed by atoms with Crippen molar-refractivity contribution in [3.05, 3.63) is 12.2 Å². The van der Waals surface area contributed by atoms with Crippen molar-refractivity contribution < 1.29 is 4.74 Å². The molecule has 0 aromatic carbocycles. The van der Waals surface area contributed by atoms with Crippen LogP contribution in [0.25, 0.3) is 0 Å². The summed E-state index contributed by atoms with van der Waals surface area (Å²) >= 11 is 0. The Balaban J connectivity index is 3.62. The second kappa shape index (κ2) is 10.2. The third-order valence-corrected chi connectivity index (χ3v) is 2.20. The van der Waals surface area contributed by atoms with Crippen LogP contribution in [0.1, 0.15) is 40.5 Å². The summed E-state index contributed by atoms with van der Waals surface area (Å²) in [6, 6.07) is 0. The molecule has 0 aromatic rings. The third-order valence-electron chi connectivity index (χ3n) is 2.20. The van der Waals surface area contributed by atoms with Gasteiger partial charge in [0, 0.05) is 6.54 Å². The highest BCUT2D eigenvalue weighted by molar-refractivity contribution is 4.77. The monoisotopic (exact) mass is 213 g/mol. The first kappa shape index (κ1) is 14.7. The molecule has 0 aliphatic heterocycles. The molecular formula is C13H27NO. The summed E-state index contributed by atoms with van der Waals surface area (Å²) in [4.78, 5) is 0. The summed E-state index contributed by atoms with van der Waals surface area (Å²) in [6.45, 7) is 11.5. The molecule has 0 heterocycles. The fraction of sp³-hybridized carbons (Fsp3) is 0.846. The third kappa shape index (κ3) is 9.95. The highest BCUT2D eigenvalue weighted by Gasteiger charge is 2.06. The zero-order valence-corrected chi connectivity index (χ0v) is 10.8. The van der Waals surface area contributed by atoms with Crippen LogP contribution in [-0.4, -0.2) is 25.8 Å². The summed E-state index contributed by atoms with van der Waals surface area (Å²) in [5, 5.41) is 3.45. The van der Waals surface area contributed by atoms with Gasteiger partial charge in [-0.3, -0.25) is 0 Å². The van der Waals surface area contributed by atoms with Crippen molar-refractivity contribution in [2.45, 2.75) is 46.6 Å². The molecule has 0 rings (SSSR count). The van der Waals surface area contributed by atoms with E-state index >= 15 is 0 Å². The number of rotatable bonds is 9. The highest BCUT2D eigenvalue weighted by atomic mass is 16.5. The van der Waals surface area contributed by atoms with E-state index in [-0.39, 0.29) is 0 Å². The Kier molecular flexibility index (Phi) is 9.96. The van der Waals surface area contributed by atoms with Crippen molar-refractivity contribution in [2.24, 2.45) is 5.92 Å². The zero-order valence-electron chi connectivity index (χ0n) is 10.8. The molecular weight excluding hydrogens is 186 g/mol. The van der Waals surface area contributed by atoms with Crippen LogP contribution in [0.2, 0.25) is 0 Å². The molecule has 0 radical (unpaired) electrons. The molecule has 0 bridgehead atoms. The summed E-state index contributed by atoms with van der Waals surface area (Å²) in [7, 11) is 0. The summed E-state index contributed by atoms with van der Waals surface area (Å²) < 4.78 is 5.76. The minimum absolute atomic E-state index is 0.366. The van der Waals surface area contributed by atoms with Crippen LogP contribution in [0.4, 0.5) is 0 Å². The van der Waals surface area contributed by atoms with Gasteiger partial charge in [-0.05, 0) is 25.8 Å². The molecule has 2 nitrogen and oxygen atoms in total. The number of allylic oxidation sites excluding steroid dienone is 1. The number of nitrogens with one attached hydrogen (secondary N) is 1. The van der Waals surface area contributed by atoms with E-state index in [0.29, 0.717) is 12.0 Å². The topological polar surface area (TPSA) is 21.3 Å². The normalized spacial score (nSPS) is 13.9. The van der Waals surface area contributed by atoms with Gasteiger partial charge in [0.25, 0.3) is 0 Å². The quantitative estimate of drug-likeness (QED) is 0.595. The summed E-state index contributed by atoms with van der Waals surface area (Å²) in [5.41, 5.74) is 0. The molecule has 0 saturated carbocycles. The van der Waals surface area contributed by atoms with Crippen LogP contribution in [0.3, 0.4) is 0 Å². The van der Waals surface area contributed by atoms with Crippen LogP contribution in [0.5, 0.6) is 0 Å². The van der Waals surface area contributed by atoms with Gasteiger partial charge in [0.1, 0.15) is 0 Å².